The summed E-state index contributed by atoms with van der Waals surface area (Å²) in [5.41, 5.74) is 1.14. The molecular weight excluding hydrogens is 312 g/mol. The summed E-state index contributed by atoms with van der Waals surface area (Å²) < 4.78 is 1.38. The van der Waals surface area contributed by atoms with Gasteiger partial charge in [0.05, 0.1) is 17.1 Å². The molecule has 7 heteroatoms. The summed E-state index contributed by atoms with van der Waals surface area (Å²) in [6.07, 6.45) is 3.28. The van der Waals surface area contributed by atoms with Crippen molar-refractivity contribution in [2.75, 3.05) is 11.9 Å². The van der Waals surface area contributed by atoms with E-state index in [2.05, 4.69) is 15.3 Å². The highest BCUT2D eigenvalue weighted by molar-refractivity contribution is 7.12. The molecule has 6 nitrogen and oxygen atoms in total. The molecule has 3 aromatic rings. The van der Waals surface area contributed by atoms with Crippen LogP contribution >= 0.6 is 11.3 Å². The predicted molar refractivity (Wildman–Crippen MR) is 89.8 cm³/mol. The number of pyridine rings is 1. The highest BCUT2D eigenvalue weighted by atomic mass is 32.1. The van der Waals surface area contributed by atoms with E-state index in [1.54, 1.807) is 37.6 Å². The minimum absolute atomic E-state index is 0.0384. The van der Waals surface area contributed by atoms with E-state index in [9.17, 15) is 9.59 Å². The molecule has 0 aliphatic carbocycles. The fourth-order valence-corrected chi connectivity index (χ4v) is 2.72. The van der Waals surface area contributed by atoms with Gasteiger partial charge in [-0.3, -0.25) is 19.1 Å². The minimum Gasteiger partial charge on any atom is -0.348 e. The van der Waals surface area contributed by atoms with Gasteiger partial charge in [-0.25, -0.2) is 4.98 Å². The second kappa shape index (κ2) is 6.53. The van der Waals surface area contributed by atoms with Crippen molar-refractivity contribution in [3.63, 3.8) is 0 Å². The molecule has 0 saturated carbocycles. The maximum absolute atomic E-state index is 12.1. The van der Waals surface area contributed by atoms with Crippen molar-refractivity contribution in [3.8, 4) is 11.3 Å². The summed E-state index contributed by atoms with van der Waals surface area (Å²) in [6.45, 7) is 0.0839. The van der Waals surface area contributed by atoms with Crippen molar-refractivity contribution >= 4 is 23.1 Å². The average Bonchev–Trinajstić information content (AvgIpc) is 3.11. The Kier molecular flexibility index (Phi) is 4.29. The predicted octanol–water partition coefficient (Wildman–Crippen LogP) is 2.20. The maximum atomic E-state index is 12.1. The number of Topliss-reactive ketones (excluding diaryl/α,β-unsaturated/α-hetero) is 1. The lowest BCUT2D eigenvalue weighted by atomic mass is 10.2. The van der Waals surface area contributed by atoms with Gasteiger partial charge in [-0.05, 0) is 23.6 Å². The number of carbonyl (C=O) groups is 1. The molecule has 0 atom stereocenters. The molecule has 3 heterocycles. The van der Waals surface area contributed by atoms with Gasteiger partial charge in [-0.15, -0.1) is 11.3 Å². The third kappa shape index (κ3) is 3.35. The molecular formula is C16H14N4O2S. The zero-order chi connectivity index (χ0) is 16.2. The van der Waals surface area contributed by atoms with Crippen molar-refractivity contribution in [1.29, 1.82) is 0 Å². The molecule has 0 radical (unpaired) electrons. The van der Waals surface area contributed by atoms with Crippen molar-refractivity contribution in [1.82, 2.24) is 14.5 Å². The first kappa shape index (κ1) is 15.1. The van der Waals surface area contributed by atoms with Gasteiger partial charge in [0, 0.05) is 31.1 Å². The lowest BCUT2D eigenvalue weighted by molar-refractivity contribution is 0.101. The third-order valence-electron chi connectivity index (χ3n) is 3.31. The van der Waals surface area contributed by atoms with E-state index in [0.29, 0.717) is 16.5 Å². The summed E-state index contributed by atoms with van der Waals surface area (Å²) in [5, 5.41) is 4.80. The Labute approximate surface area is 136 Å². The highest BCUT2D eigenvalue weighted by Gasteiger charge is 2.11. The summed E-state index contributed by atoms with van der Waals surface area (Å²) in [7, 11) is 1.61. The lowest BCUT2D eigenvalue weighted by Crippen LogP contribution is -2.24. The first-order valence-electron chi connectivity index (χ1n) is 6.94. The first-order valence-corrected chi connectivity index (χ1v) is 7.82. The Bertz CT molecular complexity index is 873. The molecule has 0 unspecified atom stereocenters. The summed E-state index contributed by atoms with van der Waals surface area (Å²) >= 11 is 1.39. The first-order chi connectivity index (χ1) is 11.1. The minimum atomic E-state index is -0.196. The molecule has 0 spiro atoms. The number of aromatic nitrogens is 3. The van der Waals surface area contributed by atoms with Crippen LogP contribution in [0.3, 0.4) is 0 Å². The molecule has 0 aliphatic heterocycles. The van der Waals surface area contributed by atoms with Gasteiger partial charge in [0.1, 0.15) is 0 Å². The number of hydrogen-bond acceptors (Lipinski definition) is 6. The molecule has 3 aromatic heterocycles. The molecule has 0 aliphatic rings. The Morgan fingerprint density at radius 2 is 2.09 bits per heavy atom. The Morgan fingerprint density at radius 3 is 2.78 bits per heavy atom. The topological polar surface area (TPSA) is 76.9 Å². The van der Waals surface area contributed by atoms with Crippen LogP contribution in [0.5, 0.6) is 0 Å². The molecule has 0 fully saturated rings. The van der Waals surface area contributed by atoms with Crippen LogP contribution in [0.4, 0.5) is 5.95 Å². The van der Waals surface area contributed by atoms with E-state index >= 15 is 0 Å². The van der Waals surface area contributed by atoms with E-state index in [1.165, 1.54) is 22.0 Å². The van der Waals surface area contributed by atoms with Crippen LogP contribution in [0.1, 0.15) is 9.67 Å². The fourth-order valence-electron chi connectivity index (χ4n) is 2.05. The molecule has 23 heavy (non-hydrogen) atoms. The van der Waals surface area contributed by atoms with E-state index < -0.39 is 0 Å². The number of hydrogen-bond donors (Lipinski definition) is 1. The van der Waals surface area contributed by atoms with Crippen molar-refractivity contribution < 1.29 is 4.79 Å². The number of thiophene rings is 1. The highest BCUT2D eigenvalue weighted by Crippen LogP contribution is 2.16. The zero-order valence-electron chi connectivity index (χ0n) is 12.4. The fraction of sp³-hybridized carbons (Fsp3) is 0.125. The number of anilines is 1. The monoisotopic (exact) mass is 326 g/mol. The van der Waals surface area contributed by atoms with Crippen molar-refractivity contribution in [2.45, 2.75) is 0 Å². The van der Waals surface area contributed by atoms with Crippen molar-refractivity contribution in [2.24, 2.45) is 7.05 Å². The summed E-state index contributed by atoms with van der Waals surface area (Å²) in [6, 6.07) is 8.62. The smallest absolute Gasteiger partial charge is 0.255 e. The van der Waals surface area contributed by atoms with Gasteiger partial charge in [0.15, 0.2) is 5.78 Å². The van der Waals surface area contributed by atoms with Crippen LogP contribution in [0.2, 0.25) is 0 Å². The van der Waals surface area contributed by atoms with Crippen LogP contribution in [0.15, 0.2) is 52.9 Å². The van der Waals surface area contributed by atoms with Gasteiger partial charge in [0.25, 0.3) is 5.56 Å². The normalized spacial score (nSPS) is 10.5. The maximum Gasteiger partial charge on any atom is 0.255 e. The van der Waals surface area contributed by atoms with Crippen LogP contribution in [-0.2, 0) is 7.05 Å². The van der Waals surface area contributed by atoms with Crippen molar-refractivity contribution in [3.05, 3.63) is 63.3 Å². The zero-order valence-corrected chi connectivity index (χ0v) is 13.2. The van der Waals surface area contributed by atoms with Crippen LogP contribution in [0.25, 0.3) is 11.3 Å². The van der Waals surface area contributed by atoms with Crippen LogP contribution < -0.4 is 10.9 Å². The summed E-state index contributed by atoms with van der Waals surface area (Å²) in [5.74, 6) is 0.317. The molecule has 0 amide bonds. The molecule has 0 saturated heterocycles. The quantitative estimate of drug-likeness (QED) is 0.727. The Morgan fingerprint density at radius 1 is 1.30 bits per heavy atom. The number of nitrogens with zero attached hydrogens (tertiary/aromatic N) is 3. The Hall–Kier alpha value is -2.80. The molecule has 3 rings (SSSR count). The van der Waals surface area contributed by atoms with E-state index in [-0.39, 0.29) is 17.9 Å². The molecule has 0 aromatic carbocycles. The van der Waals surface area contributed by atoms with Crippen LogP contribution in [0, 0.1) is 0 Å². The van der Waals surface area contributed by atoms with Gasteiger partial charge in [-0.1, -0.05) is 6.07 Å². The third-order valence-corrected chi connectivity index (χ3v) is 4.22. The van der Waals surface area contributed by atoms with Gasteiger partial charge in [0.2, 0.25) is 5.95 Å². The SMILES string of the molecule is Cn1c(NCC(=O)c2cccs2)nc(-c2ccncc2)cc1=O. The van der Waals surface area contributed by atoms with Gasteiger partial charge in [-0.2, -0.15) is 0 Å². The Balaban J connectivity index is 1.86. The van der Waals surface area contributed by atoms with E-state index in [1.807, 2.05) is 11.4 Å². The number of ketones is 1. The number of carbonyl (C=O) groups excluding carboxylic acids is 1. The second-order valence-electron chi connectivity index (χ2n) is 4.85. The largest absolute Gasteiger partial charge is 0.348 e. The van der Waals surface area contributed by atoms with Gasteiger partial charge < -0.3 is 5.32 Å². The molecule has 0 bridgehead atoms. The molecule has 1 N–H and O–H groups in total. The molecule has 116 valence electrons. The lowest BCUT2D eigenvalue weighted by Gasteiger charge is -2.11. The van der Waals surface area contributed by atoms with Crippen LogP contribution in [-0.4, -0.2) is 26.9 Å². The van der Waals surface area contributed by atoms with E-state index in [0.717, 1.165) is 5.56 Å². The summed E-state index contributed by atoms with van der Waals surface area (Å²) in [4.78, 5) is 33.2. The standard InChI is InChI=1S/C16H14N4O2S/c1-20-15(22)9-12(11-4-6-17-7-5-11)19-16(20)18-10-13(21)14-3-2-8-23-14/h2-9H,10H2,1H3,(H,18,19). The van der Waals surface area contributed by atoms with Gasteiger partial charge >= 0.3 is 0 Å². The number of nitrogens with one attached hydrogen (secondary N) is 1. The second-order valence-corrected chi connectivity index (χ2v) is 5.80. The average molecular weight is 326 g/mol. The number of rotatable bonds is 5. The van der Waals surface area contributed by atoms with E-state index in [4.69, 9.17) is 0 Å².